The maximum absolute atomic E-state index is 13.3. The highest BCUT2D eigenvalue weighted by Crippen LogP contribution is 2.32. The van der Waals surface area contributed by atoms with E-state index < -0.39 is 28.1 Å². The summed E-state index contributed by atoms with van der Waals surface area (Å²) >= 11 is 6.09. The zero-order chi connectivity index (χ0) is 26.6. The Hall–Kier alpha value is -2.56. The number of carbonyl (C=O) groups excluding carboxylic acids is 1. The van der Waals surface area contributed by atoms with Gasteiger partial charge in [-0.2, -0.15) is 4.31 Å². The molecule has 2 aliphatic rings. The molecule has 2 amide bonds. The van der Waals surface area contributed by atoms with Crippen LogP contribution >= 0.6 is 11.6 Å². The van der Waals surface area contributed by atoms with E-state index in [9.17, 15) is 23.1 Å². The number of piperazine rings is 1. The van der Waals surface area contributed by atoms with E-state index in [1.165, 1.54) is 15.3 Å². The monoisotopic (exact) mass is 538 g/mol. The largest absolute Gasteiger partial charge is 0.480 e. The minimum atomic E-state index is -3.69. The Morgan fingerprint density at radius 3 is 2.44 bits per heavy atom. The van der Waals surface area contributed by atoms with Gasteiger partial charge in [-0.1, -0.05) is 37.9 Å². The number of nitrogens with one attached hydrogen (secondary N) is 1. The maximum Gasteiger partial charge on any atom is 0.326 e. The van der Waals surface area contributed by atoms with Crippen LogP contribution in [-0.2, 0) is 21.2 Å². The van der Waals surface area contributed by atoms with E-state index in [0.717, 1.165) is 11.3 Å². The molecule has 1 fully saturated rings. The molecule has 2 unspecified atom stereocenters. The number of benzene rings is 1. The van der Waals surface area contributed by atoms with E-state index in [0.29, 0.717) is 56.3 Å². The molecule has 2 N–H and O–H groups in total. The lowest BCUT2D eigenvalue weighted by Crippen LogP contribution is -2.50. The van der Waals surface area contributed by atoms with Crippen molar-refractivity contribution < 1.29 is 23.1 Å². The summed E-state index contributed by atoms with van der Waals surface area (Å²) in [4.78, 5) is 28.2. The highest BCUT2D eigenvalue weighted by Gasteiger charge is 2.33. The Bertz CT molecular complexity index is 1160. The Labute approximate surface area is 218 Å². The van der Waals surface area contributed by atoms with Crippen molar-refractivity contribution in [1.29, 1.82) is 0 Å². The van der Waals surface area contributed by atoms with Gasteiger partial charge in [0, 0.05) is 49.1 Å². The van der Waals surface area contributed by atoms with Crippen molar-refractivity contribution in [2.75, 3.05) is 37.6 Å². The summed E-state index contributed by atoms with van der Waals surface area (Å²) in [6.45, 7) is 9.68. The Morgan fingerprint density at radius 2 is 1.86 bits per heavy atom. The minimum Gasteiger partial charge on any atom is -0.480 e. The second-order valence-corrected chi connectivity index (χ2v) is 11.6. The molecule has 2 aliphatic heterocycles. The van der Waals surface area contributed by atoms with E-state index >= 15 is 0 Å². The number of carboxylic acids is 1. The number of nitrogens with zero attached hydrogens (tertiary/aromatic N) is 3. The van der Waals surface area contributed by atoms with Crippen LogP contribution in [0.1, 0.15) is 39.7 Å². The smallest absolute Gasteiger partial charge is 0.326 e. The number of carbonyl (C=O) groups is 2. The maximum atomic E-state index is 13.3. The number of halogens is 1. The van der Waals surface area contributed by atoms with Gasteiger partial charge in [0.05, 0.1) is 4.90 Å². The predicted octanol–water partition coefficient (Wildman–Crippen LogP) is 3.61. The summed E-state index contributed by atoms with van der Waals surface area (Å²) in [6.07, 6.45) is 4.79. The summed E-state index contributed by atoms with van der Waals surface area (Å²) < 4.78 is 28.2. The first-order chi connectivity index (χ1) is 17.0. The normalized spacial score (nSPS) is 19.1. The summed E-state index contributed by atoms with van der Waals surface area (Å²) in [5.41, 5.74) is 2.34. The van der Waals surface area contributed by atoms with Crippen LogP contribution in [0, 0.1) is 5.92 Å². The number of hydrogen-bond donors (Lipinski definition) is 2. The van der Waals surface area contributed by atoms with Crippen LogP contribution in [0.4, 0.5) is 10.5 Å². The standard InChI is InChI=1S/C25H35ClN4O5S/c1-5-17(3)23(24(31)32)27-25(33)30-10-9-19-16-21(7-8-22(19)30)36(34,35)29-13-11-28(12-14-29)18(4)15-20(26)6-2/h6-8,15-17,23H,5,9-14H2,1-4H3,(H,27,33)(H,31,32). The van der Waals surface area contributed by atoms with E-state index in [1.54, 1.807) is 25.1 Å². The van der Waals surface area contributed by atoms with Gasteiger partial charge in [-0.25, -0.2) is 18.0 Å². The molecule has 0 bridgehead atoms. The molecule has 1 aromatic rings. The number of hydrogen-bond acceptors (Lipinski definition) is 5. The zero-order valence-electron chi connectivity index (χ0n) is 21.2. The van der Waals surface area contributed by atoms with Gasteiger partial charge in [0.1, 0.15) is 6.04 Å². The molecule has 36 heavy (non-hydrogen) atoms. The molecule has 2 heterocycles. The minimum absolute atomic E-state index is 0.198. The van der Waals surface area contributed by atoms with E-state index in [-0.39, 0.29) is 10.8 Å². The number of sulfonamides is 1. The summed E-state index contributed by atoms with van der Waals surface area (Å²) in [7, 11) is -3.69. The fourth-order valence-electron chi connectivity index (χ4n) is 4.45. The van der Waals surface area contributed by atoms with Gasteiger partial charge < -0.3 is 15.3 Å². The number of rotatable bonds is 8. The SMILES string of the molecule is CC=C(Cl)C=C(C)N1CCN(S(=O)(=O)c2ccc3c(c2)CCN3C(=O)NC(C(=O)O)C(C)CC)CC1. The molecule has 0 aromatic heterocycles. The summed E-state index contributed by atoms with van der Waals surface area (Å²) in [5, 5.41) is 12.7. The molecule has 11 heteroatoms. The number of aliphatic carboxylic acids is 1. The summed E-state index contributed by atoms with van der Waals surface area (Å²) in [6, 6.07) is 3.31. The Morgan fingerprint density at radius 1 is 1.19 bits per heavy atom. The highest BCUT2D eigenvalue weighted by molar-refractivity contribution is 7.89. The number of anilines is 1. The molecule has 1 aromatic carbocycles. The van der Waals surface area contributed by atoms with Crippen molar-refractivity contribution in [1.82, 2.24) is 14.5 Å². The van der Waals surface area contributed by atoms with Crippen LogP contribution < -0.4 is 10.2 Å². The topological polar surface area (TPSA) is 110 Å². The van der Waals surface area contributed by atoms with Crippen molar-refractivity contribution >= 4 is 39.3 Å². The number of carboxylic acid groups (broad SMARTS) is 1. The molecular weight excluding hydrogens is 504 g/mol. The quantitative estimate of drug-likeness (QED) is 0.489. The van der Waals surface area contributed by atoms with Gasteiger partial charge in [-0.3, -0.25) is 4.90 Å². The number of amides is 2. The van der Waals surface area contributed by atoms with Crippen LogP contribution in [0.5, 0.6) is 0 Å². The highest BCUT2D eigenvalue weighted by atomic mass is 35.5. The fraction of sp³-hybridized carbons (Fsp3) is 0.520. The van der Waals surface area contributed by atoms with Crippen molar-refractivity contribution in [3.05, 3.63) is 46.6 Å². The first-order valence-electron chi connectivity index (χ1n) is 12.2. The van der Waals surface area contributed by atoms with Crippen LogP contribution in [0.15, 0.2) is 46.0 Å². The average molecular weight is 539 g/mol. The lowest BCUT2D eigenvalue weighted by atomic mass is 9.99. The second kappa shape index (κ2) is 11.7. The van der Waals surface area contributed by atoms with Gasteiger partial charge >= 0.3 is 12.0 Å². The molecule has 0 aliphatic carbocycles. The molecule has 1 saturated heterocycles. The Balaban J connectivity index is 1.71. The average Bonchev–Trinajstić information content (AvgIpc) is 3.30. The number of urea groups is 1. The lowest BCUT2D eigenvalue weighted by molar-refractivity contribution is -0.140. The van der Waals surface area contributed by atoms with Gasteiger partial charge in [-0.15, -0.1) is 0 Å². The third-order valence-electron chi connectivity index (χ3n) is 6.95. The molecule has 2 atom stereocenters. The molecular formula is C25H35ClN4O5S. The molecule has 0 spiro atoms. The molecule has 9 nitrogen and oxygen atoms in total. The zero-order valence-corrected chi connectivity index (χ0v) is 22.8. The lowest BCUT2D eigenvalue weighted by Gasteiger charge is -2.35. The molecule has 3 rings (SSSR count). The van der Waals surface area contributed by atoms with Crippen molar-refractivity contribution in [2.45, 2.75) is 51.5 Å². The van der Waals surface area contributed by atoms with E-state index in [2.05, 4.69) is 10.2 Å². The third-order valence-corrected chi connectivity index (χ3v) is 9.17. The van der Waals surface area contributed by atoms with Gasteiger partial charge in [0.15, 0.2) is 0 Å². The van der Waals surface area contributed by atoms with Crippen molar-refractivity contribution in [3.8, 4) is 0 Å². The first kappa shape index (κ1) is 28.0. The molecule has 0 saturated carbocycles. The molecule has 0 radical (unpaired) electrons. The van der Waals surface area contributed by atoms with Gasteiger partial charge in [-0.05, 0) is 56.0 Å². The van der Waals surface area contributed by atoms with Gasteiger partial charge in [0.2, 0.25) is 10.0 Å². The van der Waals surface area contributed by atoms with Gasteiger partial charge in [0.25, 0.3) is 0 Å². The number of fused-ring (bicyclic) bond motifs is 1. The van der Waals surface area contributed by atoms with E-state index in [1.807, 2.05) is 26.8 Å². The van der Waals surface area contributed by atoms with Crippen molar-refractivity contribution in [2.24, 2.45) is 5.92 Å². The Kier molecular flexibility index (Phi) is 9.08. The fourth-order valence-corrected chi connectivity index (χ4v) is 6.08. The summed E-state index contributed by atoms with van der Waals surface area (Å²) in [5.74, 6) is -1.30. The second-order valence-electron chi connectivity index (χ2n) is 9.19. The van der Waals surface area contributed by atoms with Crippen LogP contribution in [-0.4, -0.2) is 73.5 Å². The van der Waals surface area contributed by atoms with E-state index in [4.69, 9.17) is 11.6 Å². The predicted molar refractivity (Wildman–Crippen MR) is 141 cm³/mol. The molecule has 198 valence electrons. The number of allylic oxidation sites excluding steroid dienone is 4. The van der Waals surface area contributed by atoms with Crippen LogP contribution in [0.2, 0.25) is 0 Å². The third kappa shape index (κ3) is 6.04. The first-order valence-corrected chi connectivity index (χ1v) is 14.0. The van der Waals surface area contributed by atoms with Crippen LogP contribution in [0.3, 0.4) is 0 Å². The van der Waals surface area contributed by atoms with Crippen LogP contribution in [0.25, 0.3) is 0 Å². The van der Waals surface area contributed by atoms with Crippen molar-refractivity contribution in [3.63, 3.8) is 0 Å².